The number of ether oxygens (including phenoxy) is 2. The lowest BCUT2D eigenvalue weighted by Crippen LogP contribution is -2.19. The van der Waals surface area contributed by atoms with Crippen LogP contribution in [0.15, 0.2) is 12.1 Å². The second-order valence-electron chi connectivity index (χ2n) is 6.11. The summed E-state index contributed by atoms with van der Waals surface area (Å²) in [5.41, 5.74) is 0.905. The summed E-state index contributed by atoms with van der Waals surface area (Å²) in [7, 11) is 0. The Bertz CT molecular complexity index is 632. The number of hydrogen-bond acceptors (Lipinski definition) is 5. The molecule has 0 spiro atoms. The molecule has 0 atom stereocenters. The first-order chi connectivity index (χ1) is 9.70. The highest BCUT2D eigenvalue weighted by molar-refractivity contribution is 7.19. The summed E-state index contributed by atoms with van der Waals surface area (Å²) < 4.78 is 11.7. The van der Waals surface area contributed by atoms with Crippen molar-refractivity contribution in [2.45, 2.75) is 44.6 Å². The van der Waals surface area contributed by atoms with Crippen LogP contribution in [0.1, 0.15) is 39.0 Å². The average molecular weight is 290 g/mol. The standard InChI is InChI=1S/C15H18N2O2S/c1-15(7-8-15)19-14-16-11-5-6-12(17-13(11)20-14)18-9-10-3-2-4-10/h5-6,10H,2-4,7-9H2,1H3. The number of aromatic nitrogens is 2. The van der Waals surface area contributed by atoms with Gasteiger partial charge in [-0.3, -0.25) is 0 Å². The summed E-state index contributed by atoms with van der Waals surface area (Å²) in [6.07, 6.45) is 6.16. The molecule has 2 aromatic heterocycles. The third-order valence-corrected chi connectivity index (χ3v) is 5.03. The largest absolute Gasteiger partial charge is 0.477 e. The minimum absolute atomic E-state index is 0.0113. The molecule has 2 heterocycles. The zero-order valence-corrected chi connectivity index (χ0v) is 12.4. The lowest BCUT2D eigenvalue weighted by atomic mass is 9.86. The molecule has 0 aromatic carbocycles. The molecule has 4 rings (SSSR count). The van der Waals surface area contributed by atoms with Crippen LogP contribution in [0.2, 0.25) is 0 Å². The Labute approximate surface area is 122 Å². The van der Waals surface area contributed by atoms with Gasteiger partial charge in [-0.1, -0.05) is 17.8 Å². The quantitative estimate of drug-likeness (QED) is 0.840. The summed E-state index contributed by atoms with van der Waals surface area (Å²) in [6, 6.07) is 3.88. The molecule has 2 saturated carbocycles. The van der Waals surface area contributed by atoms with Crippen LogP contribution in [0.3, 0.4) is 0 Å². The fraction of sp³-hybridized carbons (Fsp3) is 0.600. The fourth-order valence-electron chi connectivity index (χ4n) is 2.26. The van der Waals surface area contributed by atoms with Crippen molar-refractivity contribution < 1.29 is 9.47 Å². The molecule has 0 aliphatic heterocycles. The van der Waals surface area contributed by atoms with Crippen LogP contribution in [-0.4, -0.2) is 22.2 Å². The van der Waals surface area contributed by atoms with Gasteiger partial charge >= 0.3 is 0 Å². The molecule has 20 heavy (non-hydrogen) atoms. The topological polar surface area (TPSA) is 44.2 Å². The summed E-state index contributed by atoms with van der Waals surface area (Å²) in [4.78, 5) is 9.91. The number of fused-ring (bicyclic) bond motifs is 1. The number of thiazole rings is 1. The Morgan fingerprint density at radius 3 is 2.85 bits per heavy atom. The van der Waals surface area contributed by atoms with Crippen LogP contribution in [0.5, 0.6) is 11.1 Å². The Hall–Kier alpha value is -1.36. The van der Waals surface area contributed by atoms with E-state index in [4.69, 9.17) is 9.47 Å². The number of rotatable bonds is 5. The van der Waals surface area contributed by atoms with Gasteiger partial charge in [-0.25, -0.2) is 9.97 Å². The fourth-order valence-corrected chi connectivity index (χ4v) is 3.16. The van der Waals surface area contributed by atoms with Gasteiger partial charge in [0, 0.05) is 6.07 Å². The molecule has 2 aliphatic rings. The molecular weight excluding hydrogens is 272 g/mol. The van der Waals surface area contributed by atoms with Crippen molar-refractivity contribution in [2.75, 3.05) is 6.61 Å². The molecule has 2 aromatic rings. The molecule has 0 radical (unpaired) electrons. The van der Waals surface area contributed by atoms with E-state index < -0.39 is 0 Å². The van der Waals surface area contributed by atoms with Crippen molar-refractivity contribution in [1.29, 1.82) is 0 Å². The van der Waals surface area contributed by atoms with E-state index in [1.807, 2.05) is 12.1 Å². The highest BCUT2D eigenvalue weighted by Crippen LogP contribution is 2.41. The molecule has 5 heteroatoms. The van der Waals surface area contributed by atoms with Gasteiger partial charge in [-0.05, 0) is 44.6 Å². The Balaban J connectivity index is 1.49. The zero-order valence-electron chi connectivity index (χ0n) is 11.6. The normalized spacial score (nSPS) is 20.6. The van der Waals surface area contributed by atoms with E-state index in [0.717, 1.165) is 40.9 Å². The molecule has 0 amide bonds. The maximum absolute atomic E-state index is 5.89. The lowest BCUT2D eigenvalue weighted by Gasteiger charge is -2.24. The van der Waals surface area contributed by atoms with Crippen LogP contribution in [0, 0.1) is 5.92 Å². The zero-order chi connectivity index (χ0) is 13.6. The highest BCUT2D eigenvalue weighted by atomic mass is 32.1. The van der Waals surface area contributed by atoms with Gasteiger partial charge in [0.15, 0.2) is 4.83 Å². The Kier molecular flexibility index (Phi) is 2.84. The number of pyridine rings is 1. The van der Waals surface area contributed by atoms with Crippen LogP contribution in [0.25, 0.3) is 10.3 Å². The smallest absolute Gasteiger partial charge is 0.276 e. The number of nitrogens with zero attached hydrogens (tertiary/aromatic N) is 2. The third kappa shape index (κ3) is 2.46. The van der Waals surface area contributed by atoms with Crippen LogP contribution >= 0.6 is 11.3 Å². The van der Waals surface area contributed by atoms with Crippen LogP contribution < -0.4 is 9.47 Å². The predicted octanol–water partition coefficient (Wildman–Crippen LogP) is 3.80. The minimum Gasteiger partial charge on any atom is -0.477 e. The van der Waals surface area contributed by atoms with Gasteiger partial charge in [-0.15, -0.1) is 0 Å². The Morgan fingerprint density at radius 2 is 2.15 bits per heavy atom. The summed E-state index contributed by atoms with van der Waals surface area (Å²) in [6.45, 7) is 2.92. The Morgan fingerprint density at radius 1 is 1.30 bits per heavy atom. The molecular formula is C15H18N2O2S. The van der Waals surface area contributed by atoms with Gasteiger partial charge in [0.05, 0.1) is 6.61 Å². The van der Waals surface area contributed by atoms with Crippen molar-refractivity contribution >= 4 is 21.7 Å². The lowest BCUT2D eigenvalue weighted by molar-refractivity contribution is 0.176. The van der Waals surface area contributed by atoms with Gasteiger partial charge in [-0.2, -0.15) is 0 Å². The van der Waals surface area contributed by atoms with E-state index in [0.29, 0.717) is 5.88 Å². The van der Waals surface area contributed by atoms with Crippen molar-refractivity contribution in [2.24, 2.45) is 5.92 Å². The maximum Gasteiger partial charge on any atom is 0.276 e. The highest BCUT2D eigenvalue weighted by Gasteiger charge is 2.40. The van der Waals surface area contributed by atoms with E-state index in [2.05, 4.69) is 16.9 Å². The van der Waals surface area contributed by atoms with Gasteiger partial charge in [0.1, 0.15) is 11.1 Å². The molecule has 2 aliphatic carbocycles. The molecule has 0 N–H and O–H groups in total. The predicted molar refractivity (Wildman–Crippen MR) is 78.5 cm³/mol. The second-order valence-corrected chi connectivity index (χ2v) is 7.05. The molecule has 0 unspecified atom stereocenters. The third-order valence-electron chi connectivity index (χ3n) is 4.19. The first kappa shape index (κ1) is 12.4. The molecule has 0 saturated heterocycles. The van der Waals surface area contributed by atoms with E-state index in [-0.39, 0.29) is 5.60 Å². The van der Waals surface area contributed by atoms with Crippen molar-refractivity contribution in [3.63, 3.8) is 0 Å². The average Bonchev–Trinajstić information content (AvgIpc) is 2.95. The first-order valence-corrected chi connectivity index (χ1v) is 8.11. The maximum atomic E-state index is 5.89. The summed E-state index contributed by atoms with van der Waals surface area (Å²) >= 11 is 1.51. The van der Waals surface area contributed by atoms with E-state index >= 15 is 0 Å². The van der Waals surface area contributed by atoms with E-state index in [9.17, 15) is 0 Å². The second kappa shape index (κ2) is 4.58. The van der Waals surface area contributed by atoms with Crippen molar-refractivity contribution in [1.82, 2.24) is 9.97 Å². The minimum atomic E-state index is 0.0113. The summed E-state index contributed by atoms with van der Waals surface area (Å²) in [5, 5.41) is 0.726. The van der Waals surface area contributed by atoms with Gasteiger partial charge in [0.2, 0.25) is 5.88 Å². The SMILES string of the molecule is CC1(Oc2nc3ccc(OCC4CCC4)nc3s2)CC1. The van der Waals surface area contributed by atoms with E-state index in [1.54, 1.807) is 0 Å². The van der Waals surface area contributed by atoms with Crippen LogP contribution in [0.4, 0.5) is 0 Å². The van der Waals surface area contributed by atoms with Crippen molar-refractivity contribution in [3.8, 4) is 11.1 Å². The van der Waals surface area contributed by atoms with Crippen molar-refractivity contribution in [3.05, 3.63) is 12.1 Å². The molecule has 0 bridgehead atoms. The summed E-state index contributed by atoms with van der Waals surface area (Å²) in [5.74, 6) is 1.43. The van der Waals surface area contributed by atoms with Gasteiger partial charge < -0.3 is 9.47 Å². The molecule has 2 fully saturated rings. The first-order valence-electron chi connectivity index (χ1n) is 7.30. The molecule has 106 valence electrons. The monoisotopic (exact) mass is 290 g/mol. The van der Waals surface area contributed by atoms with E-state index in [1.165, 1.54) is 30.6 Å². The number of hydrogen-bond donors (Lipinski definition) is 0. The molecule has 4 nitrogen and oxygen atoms in total. The van der Waals surface area contributed by atoms with Gasteiger partial charge in [0.25, 0.3) is 5.19 Å². The van der Waals surface area contributed by atoms with Crippen LogP contribution in [-0.2, 0) is 0 Å².